The number of allylic oxidation sites excluding steroid dienone is 1. The van der Waals surface area contributed by atoms with E-state index in [0.29, 0.717) is 0 Å². The summed E-state index contributed by atoms with van der Waals surface area (Å²) >= 11 is 2.41. The number of hydrogen-bond acceptors (Lipinski definition) is 3. The highest BCUT2D eigenvalue weighted by Crippen LogP contribution is 2.28. The zero-order valence-corrected chi connectivity index (χ0v) is 14.1. The van der Waals surface area contributed by atoms with Gasteiger partial charge in [-0.25, -0.2) is 0 Å². The van der Waals surface area contributed by atoms with Gasteiger partial charge >= 0.3 is 0 Å². The molecule has 0 bridgehead atoms. The van der Waals surface area contributed by atoms with E-state index in [1.54, 1.807) is 6.20 Å². The second kappa shape index (κ2) is 7.43. The summed E-state index contributed by atoms with van der Waals surface area (Å²) in [5, 5.41) is 0. The Labute approximate surface area is 127 Å². The number of nitrogens with zero attached hydrogens (tertiary/aromatic N) is 1. The molecular weight excluding hydrogens is 324 g/mol. The fourth-order valence-corrected chi connectivity index (χ4v) is 2.87. The van der Waals surface area contributed by atoms with E-state index in [1.165, 1.54) is 0 Å². The molecular formula is C14H21BrN2OS. The van der Waals surface area contributed by atoms with Gasteiger partial charge in [0.2, 0.25) is 0 Å². The van der Waals surface area contributed by atoms with Crippen LogP contribution in [0, 0.1) is 0 Å². The van der Waals surface area contributed by atoms with Crippen LogP contribution in [-0.2, 0) is 11.4 Å². The number of aromatic nitrogens is 1. The van der Waals surface area contributed by atoms with Crippen molar-refractivity contribution in [1.82, 2.24) is 9.71 Å². The lowest BCUT2D eigenvalue weighted by atomic mass is 10.1. The van der Waals surface area contributed by atoms with Crippen LogP contribution >= 0.6 is 15.9 Å². The number of halogens is 1. The molecule has 1 aromatic rings. The maximum atomic E-state index is 12.3. The topological polar surface area (TPSA) is 48.0 Å². The van der Waals surface area contributed by atoms with E-state index in [9.17, 15) is 4.55 Å². The molecule has 5 heteroatoms. The van der Waals surface area contributed by atoms with E-state index >= 15 is 0 Å². The average Bonchev–Trinajstić information content (AvgIpc) is 2.34. The normalized spacial score (nSPS) is 15.0. The summed E-state index contributed by atoms with van der Waals surface area (Å²) < 4.78 is 16.2. The van der Waals surface area contributed by atoms with E-state index in [2.05, 4.69) is 32.2 Å². The average molecular weight is 345 g/mol. The summed E-state index contributed by atoms with van der Waals surface area (Å²) in [5.74, 6) is 0. The largest absolute Gasteiger partial charge is 0.598 e. The molecule has 3 nitrogen and oxygen atoms in total. The van der Waals surface area contributed by atoms with Crippen LogP contribution in [0.1, 0.15) is 45.2 Å². The van der Waals surface area contributed by atoms with Crippen molar-refractivity contribution < 1.29 is 4.55 Å². The molecule has 1 N–H and O–H groups in total. The quantitative estimate of drug-likeness (QED) is 0.628. The minimum atomic E-state index is -1.11. The van der Waals surface area contributed by atoms with Crippen LogP contribution in [0.15, 0.2) is 35.6 Å². The molecule has 1 rings (SSSR count). The fourth-order valence-electron chi connectivity index (χ4n) is 1.51. The van der Waals surface area contributed by atoms with Crippen LogP contribution in [0.4, 0.5) is 0 Å². The summed E-state index contributed by atoms with van der Waals surface area (Å²) in [7, 11) is 0. The standard InChI is InChI=1S/C14H21BrN2OS/c1-5-6-7-13(17-19(18)14(2,3)4)11-10-16-9-8-12(11)15/h5,8-10,13,17H,1,6-7H2,2-4H3/t13-,19?/m1/s1. The first-order valence-corrected chi connectivity index (χ1v) is 8.19. The maximum absolute atomic E-state index is 12.3. The van der Waals surface area contributed by atoms with Crippen LogP contribution in [0.3, 0.4) is 0 Å². The molecule has 0 fully saturated rings. The highest BCUT2D eigenvalue weighted by atomic mass is 79.9. The van der Waals surface area contributed by atoms with Gasteiger partial charge < -0.3 is 4.55 Å². The van der Waals surface area contributed by atoms with E-state index in [0.717, 1.165) is 22.9 Å². The van der Waals surface area contributed by atoms with Crippen LogP contribution in [-0.4, -0.2) is 14.3 Å². The molecule has 0 aliphatic rings. The van der Waals surface area contributed by atoms with Crippen molar-refractivity contribution in [3.63, 3.8) is 0 Å². The predicted molar refractivity (Wildman–Crippen MR) is 85.1 cm³/mol. The molecule has 0 radical (unpaired) electrons. The summed E-state index contributed by atoms with van der Waals surface area (Å²) in [6, 6.07) is 1.90. The van der Waals surface area contributed by atoms with Crippen LogP contribution in [0.25, 0.3) is 0 Å². The van der Waals surface area contributed by atoms with Crippen molar-refractivity contribution in [1.29, 1.82) is 0 Å². The Morgan fingerprint density at radius 1 is 1.58 bits per heavy atom. The lowest BCUT2D eigenvalue weighted by Gasteiger charge is -2.28. The molecule has 1 heterocycles. The molecule has 0 aromatic carbocycles. The van der Waals surface area contributed by atoms with Crippen molar-refractivity contribution in [2.24, 2.45) is 0 Å². The van der Waals surface area contributed by atoms with Gasteiger partial charge in [-0.3, -0.25) is 4.98 Å². The Hall–Kier alpha value is -0.360. The Balaban J connectivity index is 2.89. The van der Waals surface area contributed by atoms with E-state index in [4.69, 9.17) is 0 Å². The van der Waals surface area contributed by atoms with E-state index < -0.39 is 11.4 Å². The van der Waals surface area contributed by atoms with Crippen LogP contribution in [0.5, 0.6) is 0 Å². The zero-order valence-electron chi connectivity index (χ0n) is 11.6. The minimum Gasteiger partial charge on any atom is -0.598 e. The molecule has 2 atom stereocenters. The fraction of sp³-hybridized carbons (Fsp3) is 0.500. The Kier molecular flexibility index (Phi) is 6.53. The third-order valence-electron chi connectivity index (χ3n) is 2.64. The highest BCUT2D eigenvalue weighted by Gasteiger charge is 2.30. The second-order valence-corrected chi connectivity index (χ2v) is 8.17. The monoisotopic (exact) mass is 344 g/mol. The first-order valence-electron chi connectivity index (χ1n) is 6.24. The van der Waals surface area contributed by atoms with E-state index in [1.807, 2.05) is 39.1 Å². The molecule has 0 aliphatic carbocycles. The third-order valence-corrected chi connectivity index (χ3v) is 4.97. The van der Waals surface area contributed by atoms with Crippen molar-refractivity contribution in [2.45, 2.75) is 44.4 Å². The van der Waals surface area contributed by atoms with Gasteiger partial charge in [0.05, 0.1) is 6.04 Å². The van der Waals surface area contributed by atoms with Crippen LogP contribution in [0.2, 0.25) is 0 Å². The predicted octanol–water partition coefficient (Wildman–Crippen LogP) is 3.90. The minimum absolute atomic E-state index is 0.00105. The van der Waals surface area contributed by atoms with Gasteiger partial charge in [-0.1, -0.05) is 22.0 Å². The molecule has 19 heavy (non-hydrogen) atoms. The summed E-state index contributed by atoms with van der Waals surface area (Å²) in [6.07, 6.45) is 7.12. The SMILES string of the molecule is C=CCC[C@@H](N[S+]([O-])C(C)(C)C)c1cnccc1Br. The summed E-state index contributed by atoms with van der Waals surface area (Å²) in [6.45, 7) is 9.62. The van der Waals surface area contributed by atoms with Gasteiger partial charge in [-0.2, -0.15) is 0 Å². The summed E-state index contributed by atoms with van der Waals surface area (Å²) in [4.78, 5) is 4.15. The summed E-state index contributed by atoms with van der Waals surface area (Å²) in [5.41, 5.74) is 1.03. The Bertz CT molecular complexity index is 420. The van der Waals surface area contributed by atoms with Gasteiger partial charge in [0.1, 0.15) is 4.75 Å². The smallest absolute Gasteiger partial charge is 0.136 e. The number of pyridine rings is 1. The number of rotatable bonds is 6. The number of nitrogens with one attached hydrogen (secondary N) is 1. The van der Waals surface area contributed by atoms with Crippen molar-refractivity contribution >= 4 is 27.3 Å². The first kappa shape index (κ1) is 16.7. The molecule has 106 valence electrons. The van der Waals surface area contributed by atoms with Gasteiger partial charge in [-0.05, 0) is 39.7 Å². The lowest BCUT2D eigenvalue weighted by molar-refractivity contribution is 0.512. The van der Waals surface area contributed by atoms with Gasteiger partial charge in [0.15, 0.2) is 0 Å². The van der Waals surface area contributed by atoms with Crippen molar-refractivity contribution in [3.8, 4) is 0 Å². The lowest BCUT2D eigenvalue weighted by Crippen LogP contribution is -2.41. The Morgan fingerprint density at radius 3 is 2.79 bits per heavy atom. The Morgan fingerprint density at radius 2 is 2.26 bits per heavy atom. The van der Waals surface area contributed by atoms with Gasteiger partial charge in [0, 0.05) is 33.8 Å². The molecule has 0 saturated heterocycles. The molecule has 1 unspecified atom stereocenters. The van der Waals surface area contributed by atoms with E-state index in [-0.39, 0.29) is 10.8 Å². The molecule has 0 saturated carbocycles. The molecule has 0 amide bonds. The van der Waals surface area contributed by atoms with Crippen molar-refractivity contribution in [2.75, 3.05) is 0 Å². The van der Waals surface area contributed by atoms with Gasteiger partial charge in [0.25, 0.3) is 0 Å². The number of hydrogen-bond donors (Lipinski definition) is 1. The van der Waals surface area contributed by atoms with Crippen molar-refractivity contribution in [3.05, 3.63) is 41.2 Å². The molecule has 0 aliphatic heterocycles. The van der Waals surface area contributed by atoms with Crippen LogP contribution < -0.4 is 4.72 Å². The zero-order chi connectivity index (χ0) is 14.5. The third kappa shape index (κ3) is 5.26. The highest BCUT2D eigenvalue weighted by molar-refractivity contribution is 9.10. The first-order chi connectivity index (χ1) is 8.86. The molecule has 0 spiro atoms. The van der Waals surface area contributed by atoms with Gasteiger partial charge in [-0.15, -0.1) is 11.3 Å². The molecule has 1 aromatic heterocycles. The second-order valence-electron chi connectivity index (χ2n) is 5.31. The maximum Gasteiger partial charge on any atom is 0.136 e.